The van der Waals surface area contributed by atoms with E-state index in [2.05, 4.69) is 94.3 Å². The lowest BCUT2D eigenvalue weighted by Gasteiger charge is -2.12. The van der Waals surface area contributed by atoms with Crippen LogP contribution in [0.15, 0.2) is 107 Å². The van der Waals surface area contributed by atoms with Crippen LogP contribution in [0, 0.1) is 0 Å². The summed E-state index contributed by atoms with van der Waals surface area (Å²) in [4.78, 5) is 6.87. The molecule has 0 radical (unpaired) electrons. The van der Waals surface area contributed by atoms with Gasteiger partial charge in [-0.3, -0.25) is 10.4 Å². The van der Waals surface area contributed by atoms with Crippen LogP contribution in [-0.2, 0) is 0 Å². The molecular weight excluding hydrogens is 406 g/mol. The molecule has 2 aromatic carbocycles. The molecule has 0 saturated carbocycles. The minimum absolute atomic E-state index is 0.611. The van der Waals surface area contributed by atoms with Gasteiger partial charge in [0.05, 0.1) is 17.1 Å². The number of rotatable bonds is 7. The number of aromatic nitrogens is 1. The SMILES string of the molecule is C=C(C)CN=c1scc(-c2cccs2)n1NC=C(c1ccccc1)c1ccccc1. The molecule has 0 atom stereocenters. The molecule has 4 rings (SSSR count). The van der Waals surface area contributed by atoms with Crippen LogP contribution in [0.1, 0.15) is 18.1 Å². The fourth-order valence-corrected chi connectivity index (χ4v) is 4.69. The third kappa shape index (κ3) is 4.70. The molecule has 30 heavy (non-hydrogen) atoms. The van der Waals surface area contributed by atoms with Gasteiger partial charge in [0.15, 0.2) is 0 Å². The van der Waals surface area contributed by atoms with E-state index in [9.17, 15) is 0 Å². The van der Waals surface area contributed by atoms with E-state index in [0.29, 0.717) is 6.54 Å². The number of hydrogen-bond acceptors (Lipinski definition) is 4. The summed E-state index contributed by atoms with van der Waals surface area (Å²) in [6.45, 7) is 6.59. The lowest BCUT2D eigenvalue weighted by molar-refractivity contribution is 0.892. The molecule has 2 heterocycles. The Hall–Kier alpha value is -3.15. The first-order valence-electron chi connectivity index (χ1n) is 9.69. The highest BCUT2D eigenvalue weighted by Gasteiger charge is 2.10. The first-order chi connectivity index (χ1) is 14.7. The molecule has 0 aliphatic rings. The van der Waals surface area contributed by atoms with Crippen molar-refractivity contribution >= 4 is 28.2 Å². The highest BCUT2D eigenvalue weighted by atomic mass is 32.1. The molecule has 3 nitrogen and oxygen atoms in total. The summed E-state index contributed by atoms with van der Waals surface area (Å²) in [5, 5.41) is 4.24. The Morgan fingerprint density at radius 2 is 1.63 bits per heavy atom. The maximum absolute atomic E-state index is 4.75. The van der Waals surface area contributed by atoms with E-state index in [4.69, 9.17) is 4.99 Å². The van der Waals surface area contributed by atoms with Crippen molar-refractivity contribution in [1.29, 1.82) is 0 Å². The molecule has 150 valence electrons. The first kappa shape index (κ1) is 20.1. The summed E-state index contributed by atoms with van der Waals surface area (Å²) in [5.74, 6) is 0. The Bertz CT molecular complexity index is 1160. The van der Waals surface area contributed by atoms with Crippen molar-refractivity contribution in [2.75, 3.05) is 12.0 Å². The number of nitrogens with one attached hydrogen (secondary N) is 1. The number of benzene rings is 2. The van der Waals surface area contributed by atoms with E-state index in [-0.39, 0.29) is 0 Å². The van der Waals surface area contributed by atoms with Crippen molar-refractivity contribution in [3.05, 3.63) is 118 Å². The van der Waals surface area contributed by atoms with Gasteiger partial charge in [-0.2, -0.15) is 0 Å². The van der Waals surface area contributed by atoms with E-state index in [1.807, 2.05) is 19.1 Å². The zero-order valence-corrected chi connectivity index (χ0v) is 18.4. The van der Waals surface area contributed by atoms with Crippen molar-refractivity contribution in [3.63, 3.8) is 0 Å². The van der Waals surface area contributed by atoms with Gasteiger partial charge in [0, 0.05) is 17.2 Å². The topological polar surface area (TPSA) is 29.3 Å². The van der Waals surface area contributed by atoms with Crippen molar-refractivity contribution in [3.8, 4) is 10.6 Å². The second kappa shape index (κ2) is 9.57. The molecule has 0 aliphatic heterocycles. The van der Waals surface area contributed by atoms with Crippen LogP contribution in [0.5, 0.6) is 0 Å². The van der Waals surface area contributed by atoms with Crippen molar-refractivity contribution in [2.45, 2.75) is 6.92 Å². The fourth-order valence-electron chi connectivity index (χ4n) is 3.04. The van der Waals surface area contributed by atoms with Crippen LogP contribution >= 0.6 is 22.7 Å². The van der Waals surface area contributed by atoms with Crippen LogP contribution in [0.4, 0.5) is 0 Å². The zero-order valence-electron chi connectivity index (χ0n) is 16.8. The smallest absolute Gasteiger partial charge is 0.204 e. The average Bonchev–Trinajstić information content (AvgIpc) is 3.44. The second-order valence-electron chi connectivity index (χ2n) is 6.91. The molecule has 0 bridgehead atoms. The number of thiazole rings is 1. The Morgan fingerprint density at radius 1 is 0.967 bits per heavy atom. The minimum atomic E-state index is 0.611. The third-order valence-corrected chi connectivity index (χ3v) is 6.23. The second-order valence-corrected chi connectivity index (χ2v) is 8.69. The van der Waals surface area contributed by atoms with Gasteiger partial charge in [0.1, 0.15) is 0 Å². The van der Waals surface area contributed by atoms with Gasteiger partial charge >= 0.3 is 0 Å². The molecule has 0 spiro atoms. The van der Waals surface area contributed by atoms with Crippen molar-refractivity contribution in [1.82, 2.24) is 4.68 Å². The van der Waals surface area contributed by atoms with Gasteiger partial charge in [-0.25, -0.2) is 4.68 Å². The summed E-state index contributed by atoms with van der Waals surface area (Å²) in [6, 6.07) is 25.1. The van der Waals surface area contributed by atoms with Gasteiger partial charge < -0.3 is 0 Å². The van der Waals surface area contributed by atoms with E-state index in [0.717, 1.165) is 32.8 Å². The van der Waals surface area contributed by atoms with Gasteiger partial charge in [-0.05, 0) is 29.5 Å². The van der Waals surface area contributed by atoms with E-state index >= 15 is 0 Å². The molecule has 0 unspecified atom stereocenters. The quantitative estimate of drug-likeness (QED) is 0.339. The summed E-state index contributed by atoms with van der Waals surface area (Å²) < 4.78 is 2.06. The Kier molecular flexibility index (Phi) is 6.42. The lowest BCUT2D eigenvalue weighted by atomic mass is 9.99. The van der Waals surface area contributed by atoms with Crippen LogP contribution < -0.4 is 10.2 Å². The largest absolute Gasteiger partial charge is 0.298 e. The van der Waals surface area contributed by atoms with Crippen molar-refractivity contribution in [2.24, 2.45) is 4.99 Å². The normalized spacial score (nSPS) is 11.3. The van der Waals surface area contributed by atoms with Gasteiger partial charge in [0.2, 0.25) is 4.80 Å². The summed E-state index contributed by atoms with van der Waals surface area (Å²) >= 11 is 3.35. The number of thiophene rings is 1. The highest BCUT2D eigenvalue weighted by molar-refractivity contribution is 7.14. The van der Waals surface area contributed by atoms with Crippen LogP contribution in [0.2, 0.25) is 0 Å². The van der Waals surface area contributed by atoms with Crippen LogP contribution in [-0.4, -0.2) is 11.2 Å². The Morgan fingerprint density at radius 3 is 2.20 bits per heavy atom. The minimum Gasteiger partial charge on any atom is -0.298 e. The molecule has 5 heteroatoms. The predicted octanol–water partition coefficient (Wildman–Crippen LogP) is 6.39. The molecule has 2 aromatic heterocycles. The van der Waals surface area contributed by atoms with E-state index in [1.165, 1.54) is 4.88 Å². The van der Waals surface area contributed by atoms with Gasteiger partial charge in [0.25, 0.3) is 0 Å². The molecular formula is C25H23N3S2. The molecule has 1 N–H and O–H groups in total. The lowest BCUT2D eigenvalue weighted by Crippen LogP contribution is -2.23. The molecule has 0 fully saturated rings. The molecule has 0 saturated heterocycles. The van der Waals surface area contributed by atoms with Crippen molar-refractivity contribution < 1.29 is 0 Å². The predicted molar refractivity (Wildman–Crippen MR) is 130 cm³/mol. The Labute approximate surface area is 185 Å². The number of nitrogens with zero attached hydrogens (tertiary/aromatic N) is 2. The first-order valence-corrected chi connectivity index (χ1v) is 11.4. The molecule has 0 amide bonds. The van der Waals surface area contributed by atoms with Gasteiger partial charge in [-0.1, -0.05) is 78.9 Å². The third-order valence-electron chi connectivity index (χ3n) is 4.47. The number of hydrogen-bond donors (Lipinski definition) is 1. The summed E-state index contributed by atoms with van der Waals surface area (Å²) in [5.41, 5.74) is 9.10. The van der Waals surface area contributed by atoms with E-state index < -0.39 is 0 Å². The maximum atomic E-state index is 4.75. The monoisotopic (exact) mass is 429 g/mol. The fraction of sp³-hybridized carbons (Fsp3) is 0.0800. The average molecular weight is 430 g/mol. The Balaban J connectivity index is 1.79. The standard InChI is InChI=1S/C25H23N3S2/c1-19(2)16-26-25-28(23(18-30-25)24-14-9-15-29-24)27-17-22(20-10-5-3-6-11-20)21-12-7-4-8-13-21/h3-15,17-18,27H,1,16H2,2H3. The summed E-state index contributed by atoms with van der Waals surface area (Å²) in [7, 11) is 0. The molecule has 0 aliphatic carbocycles. The maximum Gasteiger partial charge on any atom is 0.204 e. The summed E-state index contributed by atoms with van der Waals surface area (Å²) in [6.07, 6.45) is 2.06. The van der Waals surface area contributed by atoms with Crippen LogP contribution in [0.25, 0.3) is 16.1 Å². The highest BCUT2D eigenvalue weighted by Crippen LogP contribution is 2.26. The van der Waals surface area contributed by atoms with E-state index in [1.54, 1.807) is 22.7 Å². The molecule has 4 aromatic rings. The van der Waals surface area contributed by atoms with Crippen LogP contribution in [0.3, 0.4) is 0 Å². The zero-order chi connectivity index (χ0) is 20.8. The van der Waals surface area contributed by atoms with Gasteiger partial charge in [-0.15, -0.1) is 22.7 Å².